The maximum absolute atomic E-state index is 5.71. The monoisotopic (exact) mass is 269 g/mol. The predicted octanol–water partition coefficient (Wildman–Crippen LogP) is 2.74. The molecule has 0 bridgehead atoms. The van der Waals surface area contributed by atoms with Crippen LogP contribution in [0.4, 0.5) is 11.9 Å². The van der Waals surface area contributed by atoms with Crippen LogP contribution < -0.4 is 11.1 Å². The molecule has 1 aromatic rings. The number of rotatable bonds is 4. The molecule has 1 saturated carbocycles. The minimum absolute atomic E-state index is 0.135. The molecule has 1 fully saturated rings. The second-order valence-electron chi connectivity index (χ2n) is 5.14. The van der Waals surface area contributed by atoms with Gasteiger partial charge in [0.25, 0.3) is 0 Å². The average Bonchev–Trinajstić information content (AvgIpc) is 2.27. The fourth-order valence-corrected chi connectivity index (χ4v) is 2.82. The Morgan fingerprint density at radius 3 is 2.89 bits per heavy atom. The number of nitrogens with zero attached hydrogens (tertiary/aromatic N) is 3. The topological polar surface area (TPSA) is 76.7 Å². The molecule has 0 radical (unpaired) electrons. The van der Waals surface area contributed by atoms with E-state index in [0.29, 0.717) is 5.95 Å². The molecule has 6 heteroatoms. The Morgan fingerprint density at radius 1 is 1.33 bits per heavy atom. The van der Waals surface area contributed by atoms with E-state index in [1.54, 1.807) is 0 Å². The second kappa shape index (κ2) is 6.18. The van der Waals surface area contributed by atoms with E-state index in [0.717, 1.165) is 24.8 Å². The van der Waals surface area contributed by atoms with Crippen LogP contribution in [-0.4, -0.2) is 21.5 Å². The van der Waals surface area contributed by atoms with E-state index in [2.05, 4.69) is 27.2 Å². The van der Waals surface area contributed by atoms with Gasteiger partial charge in [-0.1, -0.05) is 26.2 Å². The second-order valence-corrected chi connectivity index (χ2v) is 5.48. The predicted molar refractivity (Wildman–Crippen MR) is 73.5 cm³/mol. The smallest absolute Gasteiger partial charge is 0.228 e. The fraction of sp³-hybridized carbons (Fsp3) is 0.750. The van der Waals surface area contributed by atoms with Crippen LogP contribution in [0.3, 0.4) is 0 Å². The van der Waals surface area contributed by atoms with Crippen molar-refractivity contribution in [1.29, 1.82) is 0 Å². The van der Waals surface area contributed by atoms with Gasteiger partial charge in [-0.25, -0.2) is 0 Å². The third kappa shape index (κ3) is 3.98. The summed E-state index contributed by atoms with van der Waals surface area (Å²) in [6, 6.07) is 0. The lowest BCUT2D eigenvalue weighted by molar-refractivity contribution is 0.274. The molecule has 2 atom stereocenters. The van der Waals surface area contributed by atoms with Crippen LogP contribution in [0.2, 0.25) is 5.28 Å². The van der Waals surface area contributed by atoms with Gasteiger partial charge < -0.3 is 11.1 Å². The number of hydrogen-bond donors (Lipinski definition) is 2. The zero-order chi connectivity index (χ0) is 13.0. The summed E-state index contributed by atoms with van der Waals surface area (Å²) < 4.78 is 0. The van der Waals surface area contributed by atoms with Crippen molar-refractivity contribution in [2.45, 2.75) is 39.0 Å². The lowest BCUT2D eigenvalue weighted by Gasteiger charge is -2.26. The number of halogens is 1. The zero-order valence-electron chi connectivity index (χ0n) is 10.7. The summed E-state index contributed by atoms with van der Waals surface area (Å²) in [5.74, 6) is 2.31. The normalized spacial score (nSPS) is 23.9. The van der Waals surface area contributed by atoms with Gasteiger partial charge in [0.15, 0.2) is 0 Å². The van der Waals surface area contributed by atoms with Crippen molar-refractivity contribution in [3.8, 4) is 0 Å². The number of nitrogens with one attached hydrogen (secondary N) is 1. The number of hydrogen-bond acceptors (Lipinski definition) is 5. The molecule has 0 saturated heterocycles. The standard InChI is InChI=1S/C12H20ClN5/c1-8-3-2-4-9(7-8)5-6-15-12-17-10(13)16-11(14)18-12/h8-9H,2-7H2,1H3,(H3,14,15,16,17,18). The fourth-order valence-electron chi connectivity index (χ4n) is 2.65. The van der Waals surface area contributed by atoms with Crippen LogP contribution in [0.15, 0.2) is 0 Å². The highest BCUT2D eigenvalue weighted by Crippen LogP contribution is 2.30. The Bertz CT molecular complexity index is 378. The van der Waals surface area contributed by atoms with Crippen LogP contribution in [0.1, 0.15) is 39.0 Å². The van der Waals surface area contributed by atoms with Crippen molar-refractivity contribution < 1.29 is 0 Å². The minimum Gasteiger partial charge on any atom is -0.368 e. The molecule has 0 aliphatic heterocycles. The number of anilines is 2. The molecule has 1 aromatic heterocycles. The first-order valence-electron chi connectivity index (χ1n) is 6.54. The first kappa shape index (κ1) is 13.3. The van der Waals surface area contributed by atoms with Crippen molar-refractivity contribution in [2.75, 3.05) is 17.6 Å². The maximum atomic E-state index is 5.71. The molecule has 0 aromatic carbocycles. The molecule has 5 nitrogen and oxygen atoms in total. The van der Waals surface area contributed by atoms with E-state index in [1.165, 1.54) is 25.7 Å². The summed E-state index contributed by atoms with van der Waals surface area (Å²) in [5.41, 5.74) is 5.51. The Hall–Kier alpha value is -1.10. The lowest BCUT2D eigenvalue weighted by Crippen LogP contribution is -2.17. The van der Waals surface area contributed by atoms with Gasteiger partial charge >= 0.3 is 0 Å². The SMILES string of the molecule is CC1CCCC(CCNc2nc(N)nc(Cl)n2)C1. The Balaban J connectivity index is 1.77. The van der Waals surface area contributed by atoms with Crippen LogP contribution in [-0.2, 0) is 0 Å². The highest BCUT2D eigenvalue weighted by atomic mass is 35.5. The van der Waals surface area contributed by atoms with Gasteiger partial charge in [0.2, 0.25) is 17.2 Å². The molecular weight excluding hydrogens is 250 g/mol. The summed E-state index contributed by atoms with van der Waals surface area (Å²) in [6.45, 7) is 3.20. The van der Waals surface area contributed by atoms with Crippen molar-refractivity contribution >= 4 is 23.5 Å². The minimum atomic E-state index is 0.135. The Labute approximate surface area is 113 Å². The molecule has 2 unspecified atom stereocenters. The summed E-state index contributed by atoms with van der Waals surface area (Å²) in [6.07, 6.45) is 6.56. The zero-order valence-corrected chi connectivity index (χ0v) is 11.5. The number of nitrogens with two attached hydrogens (primary N) is 1. The van der Waals surface area contributed by atoms with Crippen molar-refractivity contribution in [3.05, 3.63) is 5.28 Å². The molecule has 100 valence electrons. The molecule has 0 amide bonds. The van der Waals surface area contributed by atoms with E-state index >= 15 is 0 Å². The van der Waals surface area contributed by atoms with Crippen molar-refractivity contribution in [2.24, 2.45) is 11.8 Å². The first-order chi connectivity index (χ1) is 8.63. The van der Waals surface area contributed by atoms with Gasteiger partial charge in [-0.3, -0.25) is 0 Å². The molecular formula is C12H20ClN5. The molecule has 1 heterocycles. The van der Waals surface area contributed by atoms with Crippen LogP contribution >= 0.6 is 11.6 Å². The largest absolute Gasteiger partial charge is 0.368 e. The number of aromatic nitrogens is 3. The Morgan fingerprint density at radius 2 is 2.17 bits per heavy atom. The summed E-state index contributed by atoms with van der Waals surface area (Å²) in [4.78, 5) is 11.7. The van der Waals surface area contributed by atoms with Crippen LogP contribution in [0.25, 0.3) is 0 Å². The van der Waals surface area contributed by atoms with Crippen LogP contribution in [0.5, 0.6) is 0 Å². The van der Waals surface area contributed by atoms with Crippen LogP contribution in [0, 0.1) is 11.8 Å². The summed E-state index contributed by atoms with van der Waals surface area (Å²) in [7, 11) is 0. The Kier molecular flexibility index (Phi) is 4.58. The van der Waals surface area contributed by atoms with E-state index in [9.17, 15) is 0 Å². The highest BCUT2D eigenvalue weighted by molar-refractivity contribution is 6.28. The summed E-state index contributed by atoms with van der Waals surface area (Å²) in [5, 5.41) is 3.30. The van der Waals surface area contributed by atoms with Crippen molar-refractivity contribution in [1.82, 2.24) is 15.0 Å². The molecule has 3 N–H and O–H groups in total. The summed E-state index contributed by atoms with van der Waals surface area (Å²) >= 11 is 5.71. The maximum Gasteiger partial charge on any atom is 0.228 e. The van der Waals surface area contributed by atoms with Gasteiger partial charge in [-0.05, 0) is 36.3 Å². The molecule has 0 spiro atoms. The van der Waals surface area contributed by atoms with Gasteiger partial charge in [-0.2, -0.15) is 15.0 Å². The van der Waals surface area contributed by atoms with E-state index < -0.39 is 0 Å². The van der Waals surface area contributed by atoms with Crippen molar-refractivity contribution in [3.63, 3.8) is 0 Å². The highest BCUT2D eigenvalue weighted by Gasteiger charge is 2.18. The molecule has 2 rings (SSSR count). The average molecular weight is 270 g/mol. The quantitative estimate of drug-likeness (QED) is 0.879. The van der Waals surface area contributed by atoms with Gasteiger partial charge in [-0.15, -0.1) is 0 Å². The third-order valence-electron chi connectivity index (χ3n) is 3.51. The number of nitrogen functional groups attached to an aromatic ring is 1. The lowest BCUT2D eigenvalue weighted by atomic mass is 9.81. The third-order valence-corrected chi connectivity index (χ3v) is 3.68. The van der Waals surface area contributed by atoms with E-state index in [4.69, 9.17) is 17.3 Å². The molecule has 18 heavy (non-hydrogen) atoms. The molecule has 1 aliphatic rings. The molecule has 1 aliphatic carbocycles. The van der Waals surface area contributed by atoms with Gasteiger partial charge in [0, 0.05) is 6.54 Å². The van der Waals surface area contributed by atoms with E-state index in [1.807, 2.05) is 0 Å². The van der Waals surface area contributed by atoms with Gasteiger partial charge in [0.05, 0.1) is 0 Å². The van der Waals surface area contributed by atoms with Gasteiger partial charge in [0.1, 0.15) is 0 Å². The van der Waals surface area contributed by atoms with E-state index in [-0.39, 0.29) is 11.2 Å². The first-order valence-corrected chi connectivity index (χ1v) is 6.92.